The van der Waals surface area contributed by atoms with E-state index < -0.39 is 0 Å². The van der Waals surface area contributed by atoms with Crippen LogP contribution < -0.4 is 0 Å². The highest BCUT2D eigenvalue weighted by molar-refractivity contribution is 4.53. The van der Waals surface area contributed by atoms with Crippen LogP contribution in [0.3, 0.4) is 0 Å². The lowest BCUT2D eigenvalue weighted by Crippen LogP contribution is -1.93. The van der Waals surface area contributed by atoms with E-state index in [0.29, 0.717) is 0 Å². The topological polar surface area (TPSA) is 0 Å². The minimum Gasteiger partial charge on any atom is -0.0628 e. The molecule has 0 spiro atoms. The molecule has 0 fully saturated rings. The summed E-state index contributed by atoms with van der Waals surface area (Å²) < 4.78 is 0. The van der Waals surface area contributed by atoms with Gasteiger partial charge in [-0.25, -0.2) is 0 Å². The molecule has 0 aliphatic rings. The lowest BCUT2D eigenvalue weighted by atomic mass is 10.0. The van der Waals surface area contributed by atoms with Gasteiger partial charge >= 0.3 is 0 Å². The molecule has 0 heterocycles. The fourth-order valence-electron chi connectivity index (χ4n) is 6.39. The average Bonchev–Trinajstić information content (AvgIpc) is 3.03. The van der Waals surface area contributed by atoms with Crippen LogP contribution in [0.25, 0.3) is 0 Å². The van der Waals surface area contributed by atoms with Gasteiger partial charge in [0, 0.05) is 0 Å². The first-order chi connectivity index (χ1) is 26.3. The third kappa shape index (κ3) is 107. The summed E-state index contributed by atoms with van der Waals surface area (Å²) in [4.78, 5) is 0. The molecule has 0 aliphatic carbocycles. The molecular formula is C57H126. The second-order valence-corrected chi connectivity index (χ2v) is 23.4. The second-order valence-electron chi connectivity index (χ2n) is 23.4. The summed E-state index contributed by atoms with van der Waals surface area (Å²) in [5, 5.41) is 0. The van der Waals surface area contributed by atoms with Crippen molar-refractivity contribution in [3.8, 4) is 0 Å². The molecule has 0 rings (SSSR count). The van der Waals surface area contributed by atoms with Crippen molar-refractivity contribution in [2.75, 3.05) is 0 Å². The fourth-order valence-corrected chi connectivity index (χ4v) is 6.39. The molecule has 0 amide bonds. The van der Waals surface area contributed by atoms with Crippen LogP contribution in [0.5, 0.6) is 0 Å². The molecule has 0 heteroatoms. The van der Waals surface area contributed by atoms with Gasteiger partial charge in [0.1, 0.15) is 0 Å². The van der Waals surface area contributed by atoms with E-state index in [-0.39, 0.29) is 0 Å². The molecule has 0 atom stereocenters. The van der Waals surface area contributed by atoms with Gasteiger partial charge in [-0.15, -0.1) is 0 Å². The molecular weight excluding hydrogens is 685 g/mol. The molecule has 0 aliphatic heterocycles. The van der Waals surface area contributed by atoms with E-state index in [1.165, 1.54) is 135 Å². The van der Waals surface area contributed by atoms with Crippen LogP contribution in [-0.2, 0) is 0 Å². The van der Waals surface area contributed by atoms with E-state index in [2.05, 4.69) is 166 Å². The summed E-state index contributed by atoms with van der Waals surface area (Å²) in [6.45, 7) is 55.0. The maximum absolute atomic E-state index is 2.31. The predicted molar refractivity (Wildman–Crippen MR) is 275 cm³/mol. The molecule has 0 aromatic carbocycles. The minimum atomic E-state index is 0.875. The van der Waals surface area contributed by atoms with E-state index in [1.54, 1.807) is 0 Å². The summed E-state index contributed by atoms with van der Waals surface area (Å²) in [6.07, 6.45) is 29.8. The zero-order chi connectivity index (χ0) is 45.8. The number of unbranched alkanes of at least 4 members (excludes halogenated alkanes) is 6. The second kappa shape index (κ2) is 52.1. The van der Waals surface area contributed by atoms with Crippen LogP contribution in [0.4, 0.5) is 0 Å². The van der Waals surface area contributed by atoms with E-state index in [4.69, 9.17) is 0 Å². The molecule has 0 radical (unpaired) electrons. The van der Waals surface area contributed by atoms with Gasteiger partial charge in [0.2, 0.25) is 0 Å². The van der Waals surface area contributed by atoms with Gasteiger partial charge in [-0.1, -0.05) is 295 Å². The quantitative estimate of drug-likeness (QED) is 0.0725. The summed E-state index contributed by atoms with van der Waals surface area (Å²) in [5.41, 5.74) is 0. The standard InChI is InChI=1S/C12H26.C11H24.C10H22.C9H20.C8H18.C7H16/c1-11(2)9-7-5-6-8-10-12(3)4;1-10(2)8-6-5-7-9-11(3)4;1-9(2)7-5-6-8-10(3)4;1-8(2)6-5-7-9(3)4;1-7(2)5-6-8(3)4;1-6(2)5-7(3)4/h11-12H,5-10H2,1-4H3;10-11H,5-9H2,1-4H3;9-10H,5-8H2,1-4H3;8-9H,5-7H2,1-4H3;7-8H,5-6H2,1-4H3;6-7H,5H2,1-4H3. The smallest absolute Gasteiger partial charge is 0.0469 e. The zero-order valence-corrected chi connectivity index (χ0v) is 45.8. The van der Waals surface area contributed by atoms with Crippen LogP contribution in [0, 0.1) is 71.0 Å². The van der Waals surface area contributed by atoms with Gasteiger partial charge in [0.25, 0.3) is 0 Å². The first-order valence-corrected chi connectivity index (χ1v) is 26.3. The molecule has 0 N–H and O–H groups in total. The summed E-state index contributed by atoms with van der Waals surface area (Å²) in [6, 6.07) is 0. The predicted octanol–water partition coefficient (Wildman–Crippen LogP) is 22.0. The van der Waals surface area contributed by atoms with Gasteiger partial charge in [0.05, 0.1) is 0 Å². The van der Waals surface area contributed by atoms with Crippen molar-refractivity contribution in [1.29, 1.82) is 0 Å². The Hall–Kier alpha value is 0. The van der Waals surface area contributed by atoms with Crippen molar-refractivity contribution in [2.24, 2.45) is 71.0 Å². The van der Waals surface area contributed by atoms with Crippen molar-refractivity contribution in [1.82, 2.24) is 0 Å². The Morgan fingerprint density at radius 2 is 0.281 bits per heavy atom. The Morgan fingerprint density at radius 1 is 0.140 bits per heavy atom. The Morgan fingerprint density at radius 3 is 0.421 bits per heavy atom. The van der Waals surface area contributed by atoms with Crippen molar-refractivity contribution in [2.45, 2.75) is 301 Å². The summed E-state index contributed by atoms with van der Waals surface area (Å²) in [7, 11) is 0. The van der Waals surface area contributed by atoms with Crippen molar-refractivity contribution in [3.63, 3.8) is 0 Å². The first kappa shape index (κ1) is 68.7. The third-order valence-electron chi connectivity index (χ3n) is 10.0. The summed E-state index contributed by atoms with van der Waals surface area (Å²) >= 11 is 0. The van der Waals surface area contributed by atoms with Crippen molar-refractivity contribution < 1.29 is 0 Å². The lowest BCUT2D eigenvalue weighted by Gasteiger charge is -2.05. The maximum atomic E-state index is 2.31. The highest BCUT2D eigenvalue weighted by atomic mass is 14.1. The minimum absolute atomic E-state index is 0.875. The van der Waals surface area contributed by atoms with Gasteiger partial charge in [0.15, 0.2) is 0 Å². The van der Waals surface area contributed by atoms with Crippen LogP contribution in [0.1, 0.15) is 301 Å². The fraction of sp³-hybridized carbons (Fsp3) is 1.00. The molecule has 0 bridgehead atoms. The average molecular weight is 812 g/mol. The van der Waals surface area contributed by atoms with Gasteiger partial charge in [-0.05, 0) is 77.4 Å². The van der Waals surface area contributed by atoms with Crippen molar-refractivity contribution in [3.05, 3.63) is 0 Å². The molecule has 0 saturated carbocycles. The van der Waals surface area contributed by atoms with Crippen LogP contribution in [0.15, 0.2) is 0 Å². The monoisotopic (exact) mass is 811 g/mol. The van der Waals surface area contributed by atoms with E-state index in [1.807, 2.05) is 0 Å². The van der Waals surface area contributed by atoms with Crippen LogP contribution in [0.2, 0.25) is 0 Å². The normalized spacial score (nSPS) is 11.4. The number of hydrogen-bond acceptors (Lipinski definition) is 0. The van der Waals surface area contributed by atoms with Gasteiger partial charge in [-0.3, -0.25) is 0 Å². The van der Waals surface area contributed by atoms with E-state index in [9.17, 15) is 0 Å². The zero-order valence-electron chi connectivity index (χ0n) is 45.8. The molecule has 0 unspecified atom stereocenters. The van der Waals surface area contributed by atoms with Crippen LogP contribution >= 0.6 is 0 Å². The lowest BCUT2D eigenvalue weighted by molar-refractivity contribution is 0.469. The Labute approximate surface area is 370 Å². The number of hydrogen-bond donors (Lipinski definition) is 0. The van der Waals surface area contributed by atoms with E-state index in [0.717, 1.165) is 71.0 Å². The highest BCUT2D eigenvalue weighted by Gasteiger charge is 2.00. The Bertz CT molecular complexity index is 587. The van der Waals surface area contributed by atoms with Crippen LogP contribution in [-0.4, -0.2) is 0 Å². The Kier molecular flexibility index (Phi) is 62.9. The maximum Gasteiger partial charge on any atom is -0.0469 e. The molecule has 0 nitrogen and oxygen atoms in total. The molecule has 0 saturated heterocycles. The van der Waals surface area contributed by atoms with E-state index >= 15 is 0 Å². The first-order valence-electron chi connectivity index (χ1n) is 26.3. The van der Waals surface area contributed by atoms with Crippen molar-refractivity contribution >= 4 is 0 Å². The Balaban J connectivity index is -0.000000138. The molecule has 57 heavy (non-hydrogen) atoms. The molecule has 0 aromatic rings. The summed E-state index contributed by atoms with van der Waals surface area (Å²) in [5.74, 6) is 10.7. The highest BCUT2D eigenvalue weighted by Crippen LogP contribution is 2.15. The number of rotatable bonds is 27. The van der Waals surface area contributed by atoms with Gasteiger partial charge < -0.3 is 0 Å². The molecule has 354 valence electrons. The van der Waals surface area contributed by atoms with Gasteiger partial charge in [-0.2, -0.15) is 0 Å². The molecule has 0 aromatic heterocycles. The SMILES string of the molecule is CC(C)CC(C)C.CC(C)CCC(C)C.CC(C)CCCC(C)C.CC(C)CCCCC(C)C.CC(C)CCCCCC(C)C.CC(C)CCCCCCC(C)C. The third-order valence-corrected chi connectivity index (χ3v) is 10.0. The largest absolute Gasteiger partial charge is 0.0628 e.